The summed E-state index contributed by atoms with van der Waals surface area (Å²) in [4.78, 5) is 18.3. The van der Waals surface area contributed by atoms with Gasteiger partial charge in [0.25, 0.3) is 0 Å². The number of rotatable bonds is 0. The van der Waals surface area contributed by atoms with Gasteiger partial charge in [0.2, 0.25) is 5.43 Å². The molecule has 3 nitrogen and oxygen atoms in total. The van der Waals surface area contributed by atoms with Crippen LogP contribution < -0.4 is 5.43 Å². The van der Waals surface area contributed by atoms with Crippen molar-refractivity contribution >= 4 is 38.6 Å². The number of hydrogen-bond acceptors (Lipinski definition) is 2. The second kappa shape index (κ2) is 3.57. The number of pyridine rings is 2. The second-order valence-electron chi connectivity index (χ2n) is 3.05. The van der Waals surface area contributed by atoms with Gasteiger partial charge in [0.1, 0.15) is 15.1 Å². The van der Waals surface area contributed by atoms with Crippen LogP contribution in [0.25, 0.3) is 11.0 Å². The molecule has 0 bridgehead atoms. The van der Waals surface area contributed by atoms with Gasteiger partial charge in [-0.3, -0.25) is 4.79 Å². The van der Waals surface area contributed by atoms with E-state index in [9.17, 15) is 9.18 Å². The van der Waals surface area contributed by atoms with Crippen molar-refractivity contribution in [3.63, 3.8) is 0 Å². The van der Waals surface area contributed by atoms with Crippen LogP contribution in [0.3, 0.4) is 0 Å². The van der Waals surface area contributed by atoms with Crippen molar-refractivity contribution in [1.82, 2.24) is 9.97 Å². The van der Waals surface area contributed by atoms with E-state index in [4.69, 9.17) is 11.6 Å². The fourth-order valence-corrected chi connectivity index (χ4v) is 1.69. The van der Waals surface area contributed by atoms with E-state index in [1.807, 2.05) is 0 Å². The summed E-state index contributed by atoms with van der Waals surface area (Å²) in [6.45, 7) is 1.64. The Morgan fingerprint density at radius 3 is 2.93 bits per heavy atom. The van der Waals surface area contributed by atoms with E-state index in [0.29, 0.717) is 11.2 Å². The monoisotopic (exact) mass is 290 g/mol. The van der Waals surface area contributed by atoms with Crippen LogP contribution in [0.2, 0.25) is 5.02 Å². The fraction of sp³-hybridized carbons (Fsp3) is 0.111. The Hall–Kier alpha value is -0.940. The first kappa shape index (κ1) is 10.6. The van der Waals surface area contributed by atoms with E-state index < -0.39 is 11.2 Å². The summed E-state index contributed by atoms with van der Waals surface area (Å²) in [5, 5.41) is 0.0773. The van der Waals surface area contributed by atoms with E-state index in [0.717, 1.165) is 0 Å². The van der Waals surface area contributed by atoms with Crippen LogP contribution >= 0.6 is 27.5 Å². The quantitative estimate of drug-likeness (QED) is 0.759. The lowest BCUT2D eigenvalue weighted by Gasteiger charge is -2.02. The van der Waals surface area contributed by atoms with Gasteiger partial charge in [0.15, 0.2) is 5.82 Å². The van der Waals surface area contributed by atoms with Gasteiger partial charge in [-0.05, 0) is 22.9 Å². The number of hydrogen-bond donors (Lipinski definition) is 1. The molecule has 15 heavy (non-hydrogen) atoms. The molecule has 2 aromatic rings. The first-order chi connectivity index (χ1) is 7.00. The Labute approximate surface area is 97.4 Å². The Morgan fingerprint density at radius 1 is 1.60 bits per heavy atom. The molecule has 0 fully saturated rings. The third kappa shape index (κ3) is 1.66. The van der Waals surface area contributed by atoms with Gasteiger partial charge in [-0.2, -0.15) is 0 Å². The Balaban J connectivity index is 3.00. The molecule has 0 aliphatic carbocycles. The molecule has 0 atom stereocenters. The maximum Gasteiger partial charge on any atom is 0.226 e. The second-order valence-corrected chi connectivity index (χ2v) is 4.18. The van der Waals surface area contributed by atoms with E-state index in [1.165, 1.54) is 6.07 Å². The Bertz CT molecular complexity index is 606. The van der Waals surface area contributed by atoms with Crippen molar-refractivity contribution in [3.8, 4) is 0 Å². The highest BCUT2D eigenvalue weighted by Crippen LogP contribution is 2.18. The van der Waals surface area contributed by atoms with Crippen LogP contribution in [0.15, 0.2) is 15.5 Å². The van der Waals surface area contributed by atoms with Gasteiger partial charge >= 0.3 is 0 Å². The summed E-state index contributed by atoms with van der Waals surface area (Å²) in [5.74, 6) is -0.528. The lowest BCUT2D eigenvalue weighted by molar-refractivity contribution is 0.615. The zero-order valence-corrected chi connectivity index (χ0v) is 9.91. The molecule has 2 aromatic heterocycles. The van der Waals surface area contributed by atoms with Crippen LogP contribution in [0.5, 0.6) is 0 Å². The largest absolute Gasteiger partial charge is 0.356 e. The van der Waals surface area contributed by atoms with Crippen LogP contribution in [0.4, 0.5) is 4.39 Å². The van der Waals surface area contributed by atoms with E-state index in [2.05, 4.69) is 25.9 Å². The highest BCUT2D eigenvalue weighted by Gasteiger charge is 2.11. The maximum atomic E-state index is 13.1. The number of aryl methyl sites for hydroxylation is 1. The average molecular weight is 292 g/mol. The molecule has 0 aliphatic rings. The number of halogens is 3. The molecule has 2 rings (SSSR count). The topological polar surface area (TPSA) is 45.8 Å². The molecule has 78 valence electrons. The van der Waals surface area contributed by atoms with E-state index in [1.54, 1.807) is 6.92 Å². The van der Waals surface area contributed by atoms with Crippen LogP contribution in [-0.4, -0.2) is 9.97 Å². The molecule has 0 spiro atoms. The Kier molecular flexibility index (Phi) is 2.52. The van der Waals surface area contributed by atoms with Gasteiger partial charge < -0.3 is 4.98 Å². The molecular formula is C9H5BrClFN2O. The van der Waals surface area contributed by atoms with Gasteiger partial charge in [-0.15, -0.1) is 0 Å². The minimum atomic E-state index is -0.528. The number of aromatic amines is 1. The number of aromatic nitrogens is 2. The van der Waals surface area contributed by atoms with E-state index in [-0.39, 0.29) is 15.1 Å². The van der Waals surface area contributed by atoms with Gasteiger partial charge in [0, 0.05) is 11.8 Å². The minimum absolute atomic E-state index is 0.000389. The van der Waals surface area contributed by atoms with Crippen LogP contribution in [0.1, 0.15) is 5.69 Å². The summed E-state index contributed by atoms with van der Waals surface area (Å²) in [5.41, 5.74) is 0.558. The summed E-state index contributed by atoms with van der Waals surface area (Å²) in [7, 11) is 0. The average Bonchev–Trinajstić information content (AvgIpc) is 2.19. The zero-order valence-electron chi connectivity index (χ0n) is 7.57. The molecule has 0 saturated heterocycles. The van der Waals surface area contributed by atoms with Gasteiger partial charge in [0.05, 0.1) is 5.52 Å². The van der Waals surface area contributed by atoms with Crippen LogP contribution in [0, 0.1) is 12.7 Å². The van der Waals surface area contributed by atoms with Crippen molar-refractivity contribution < 1.29 is 4.39 Å². The van der Waals surface area contributed by atoms with Crippen LogP contribution in [-0.2, 0) is 0 Å². The summed E-state index contributed by atoms with van der Waals surface area (Å²) < 4.78 is 13.1. The molecule has 0 aliphatic heterocycles. The number of nitrogens with zero attached hydrogens (tertiary/aromatic N) is 1. The summed E-state index contributed by atoms with van der Waals surface area (Å²) in [6.07, 6.45) is 0. The van der Waals surface area contributed by atoms with Gasteiger partial charge in [-0.1, -0.05) is 11.6 Å². The first-order valence-corrected chi connectivity index (χ1v) is 5.22. The zero-order chi connectivity index (χ0) is 11.2. The molecule has 0 amide bonds. The highest BCUT2D eigenvalue weighted by atomic mass is 79.9. The van der Waals surface area contributed by atoms with Crippen molar-refractivity contribution in [1.29, 1.82) is 0 Å². The highest BCUT2D eigenvalue weighted by molar-refractivity contribution is 9.10. The van der Waals surface area contributed by atoms with E-state index >= 15 is 0 Å². The summed E-state index contributed by atoms with van der Waals surface area (Å²) >= 11 is 8.67. The first-order valence-electron chi connectivity index (χ1n) is 4.05. The molecule has 6 heteroatoms. The molecule has 0 saturated carbocycles. The number of H-pyrrole nitrogens is 1. The minimum Gasteiger partial charge on any atom is -0.356 e. The van der Waals surface area contributed by atoms with Crippen molar-refractivity contribution in [2.75, 3.05) is 0 Å². The Morgan fingerprint density at radius 2 is 2.27 bits per heavy atom. The standard InChI is InChI=1S/C9H5BrClFN2O/c1-3-6(11)8(15)7-5(13-3)2-4(12)9(10)14-7/h2H,1H3,(H,13,15). The summed E-state index contributed by atoms with van der Waals surface area (Å²) in [6, 6.07) is 1.21. The van der Waals surface area contributed by atoms with Gasteiger partial charge in [-0.25, -0.2) is 9.37 Å². The van der Waals surface area contributed by atoms with Crippen molar-refractivity contribution in [2.24, 2.45) is 0 Å². The fourth-order valence-electron chi connectivity index (χ4n) is 1.27. The third-order valence-electron chi connectivity index (χ3n) is 2.00. The molecule has 2 heterocycles. The SMILES string of the molecule is Cc1[nH]c2cc(F)c(Br)nc2c(=O)c1Cl. The normalized spacial score (nSPS) is 10.9. The smallest absolute Gasteiger partial charge is 0.226 e. The predicted molar refractivity (Wildman–Crippen MR) is 59.8 cm³/mol. The molecular weight excluding hydrogens is 286 g/mol. The lowest BCUT2D eigenvalue weighted by Crippen LogP contribution is -2.08. The lowest BCUT2D eigenvalue weighted by atomic mass is 10.3. The molecule has 0 unspecified atom stereocenters. The molecule has 0 radical (unpaired) electrons. The third-order valence-corrected chi connectivity index (χ3v) is 3.01. The predicted octanol–water partition coefficient (Wildman–Crippen LogP) is 2.79. The molecule has 0 aromatic carbocycles. The van der Waals surface area contributed by atoms with Crippen molar-refractivity contribution in [3.05, 3.63) is 37.4 Å². The van der Waals surface area contributed by atoms with Crippen molar-refractivity contribution in [2.45, 2.75) is 6.92 Å². The molecule has 1 N–H and O–H groups in total. The number of fused-ring (bicyclic) bond motifs is 1. The maximum absolute atomic E-state index is 13.1. The number of nitrogens with one attached hydrogen (secondary N) is 1.